The third-order valence-electron chi connectivity index (χ3n) is 4.52. The van der Waals surface area contributed by atoms with Gasteiger partial charge in [-0.25, -0.2) is 22.9 Å². The lowest BCUT2D eigenvalue weighted by atomic mass is 10.1. The van der Waals surface area contributed by atoms with Crippen LogP contribution < -0.4 is 5.01 Å². The Labute approximate surface area is 160 Å². The lowest BCUT2D eigenvalue weighted by Gasteiger charge is -2.38. The van der Waals surface area contributed by atoms with Gasteiger partial charge in [0, 0.05) is 32.1 Å². The van der Waals surface area contributed by atoms with Crippen LogP contribution in [-0.4, -0.2) is 53.8 Å². The standard InChI is InChI=1S/C17H16ClN5O3S/c1-21-15-7-13(27(2,25)26)4-3-11(15)5-6-23(21)17(24)14-8-16-19-9-12(18)10-22(16)20-14/h3-4,7-10H,5-6H2,1-2H3. The van der Waals surface area contributed by atoms with Crippen LogP contribution in [-0.2, 0) is 16.3 Å². The van der Waals surface area contributed by atoms with Crippen molar-refractivity contribution in [2.75, 3.05) is 24.9 Å². The maximum absolute atomic E-state index is 13.0. The normalized spacial score (nSPS) is 14.5. The summed E-state index contributed by atoms with van der Waals surface area (Å²) in [5.41, 5.74) is 2.42. The Hall–Kier alpha value is -2.65. The highest BCUT2D eigenvalue weighted by Crippen LogP contribution is 2.30. The number of halogens is 1. The number of amides is 1. The zero-order valence-corrected chi connectivity index (χ0v) is 16.2. The van der Waals surface area contributed by atoms with Crippen molar-refractivity contribution in [3.63, 3.8) is 0 Å². The Kier molecular flexibility index (Phi) is 4.08. The van der Waals surface area contributed by atoms with Crippen LogP contribution >= 0.6 is 11.6 Å². The summed E-state index contributed by atoms with van der Waals surface area (Å²) in [6.45, 7) is 0.461. The molecule has 0 spiro atoms. The summed E-state index contributed by atoms with van der Waals surface area (Å²) in [5.74, 6) is -0.297. The molecular formula is C17H16ClN5O3S. The van der Waals surface area contributed by atoms with Gasteiger partial charge in [-0.2, -0.15) is 5.10 Å². The number of hydrogen-bond donors (Lipinski definition) is 0. The molecular weight excluding hydrogens is 390 g/mol. The molecule has 0 radical (unpaired) electrons. The van der Waals surface area contributed by atoms with Gasteiger partial charge in [0.1, 0.15) is 0 Å². The van der Waals surface area contributed by atoms with Crippen molar-refractivity contribution in [3.8, 4) is 0 Å². The van der Waals surface area contributed by atoms with Gasteiger partial charge in [-0.15, -0.1) is 0 Å². The first kappa shape index (κ1) is 17.7. The predicted molar refractivity (Wildman–Crippen MR) is 101 cm³/mol. The number of hydrogen-bond acceptors (Lipinski definition) is 6. The van der Waals surface area contributed by atoms with Crippen molar-refractivity contribution >= 4 is 38.7 Å². The number of nitrogens with zero attached hydrogens (tertiary/aromatic N) is 5. The van der Waals surface area contributed by atoms with Gasteiger partial charge in [-0.3, -0.25) is 9.80 Å². The number of sulfone groups is 1. The molecule has 0 saturated heterocycles. The van der Waals surface area contributed by atoms with Crippen molar-refractivity contribution in [3.05, 3.63) is 52.9 Å². The molecule has 140 valence electrons. The zero-order chi connectivity index (χ0) is 19.3. The Balaban J connectivity index is 1.69. The Morgan fingerprint density at radius 1 is 1.26 bits per heavy atom. The third kappa shape index (κ3) is 3.13. The number of carbonyl (C=O) groups is 1. The number of carbonyl (C=O) groups excluding carboxylic acids is 1. The molecule has 0 aliphatic carbocycles. The zero-order valence-electron chi connectivity index (χ0n) is 14.6. The van der Waals surface area contributed by atoms with Crippen LogP contribution in [0.2, 0.25) is 5.02 Å². The van der Waals surface area contributed by atoms with E-state index < -0.39 is 9.84 Å². The minimum Gasteiger partial charge on any atom is -0.285 e. The highest BCUT2D eigenvalue weighted by atomic mass is 35.5. The third-order valence-corrected chi connectivity index (χ3v) is 5.83. The minimum atomic E-state index is -3.34. The molecule has 1 aliphatic rings. The molecule has 3 heterocycles. The summed E-state index contributed by atoms with van der Waals surface area (Å²) in [5, 5.41) is 7.88. The monoisotopic (exact) mass is 405 g/mol. The molecule has 0 saturated carbocycles. The number of benzene rings is 1. The van der Waals surface area contributed by atoms with Crippen molar-refractivity contribution in [2.45, 2.75) is 11.3 Å². The van der Waals surface area contributed by atoms with E-state index in [0.29, 0.717) is 29.3 Å². The van der Waals surface area contributed by atoms with Gasteiger partial charge >= 0.3 is 0 Å². The Morgan fingerprint density at radius 2 is 2.04 bits per heavy atom. The van der Waals surface area contributed by atoms with Crippen molar-refractivity contribution < 1.29 is 13.2 Å². The quantitative estimate of drug-likeness (QED) is 0.646. The second-order valence-corrected chi connectivity index (χ2v) is 8.82. The average molecular weight is 406 g/mol. The van der Waals surface area contributed by atoms with Gasteiger partial charge in [0.2, 0.25) is 0 Å². The maximum Gasteiger partial charge on any atom is 0.292 e. The average Bonchev–Trinajstić information content (AvgIpc) is 3.03. The van der Waals surface area contributed by atoms with Crippen LogP contribution in [0.15, 0.2) is 41.6 Å². The van der Waals surface area contributed by atoms with E-state index >= 15 is 0 Å². The topological polar surface area (TPSA) is 87.9 Å². The fraction of sp³-hybridized carbons (Fsp3) is 0.235. The van der Waals surface area contributed by atoms with Crippen LogP contribution in [0.4, 0.5) is 5.69 Å². The molecule has 0 fully saturated rings. The Morgan fingerprint density at radius 3 is 2.78 bits per heavy atom. The Bertz CT molecular complexity index is 1170. The lowest BCUT2D eigenvalue weighted by molar-refractivity contribution is 0.0732. The van der Waals surface area contributed by atoms with E-state index in [0.717, 1.165) is 11.8 Å². The van der Waals surface area contributed by atoms with Crippen molar-refractivity contribution in [2.24, 2.45) is 0 Å². The van der Waals surface area contributed by atoms with Gasteiger partial charge in [-0.05, 0) is 24.1 Å². The fourth-order valence-electron chi connectivity index (χ4n) is 3.12. The van der Waals surface area contributed by atoms with E-state index in [1.165, 1.54) is 15.7 Å². The number of rotatable bonds is 2. The summed E-state index contributed by atoms with van der Waals surface area (Å²) in [4.78, 5) is 17.3. The fourth-order valence-corrected chi connectivity index (χ4v) is 3.90. The molecule has 0 bridgehead atoms. The maximum atomic E-state index is 13.0. The second-order valence-electron chi connectivity index (χ2n) is 6.37. The van der Waals surface area contributed by atoms with Gasteiger partial charge in [0.25, 0.3) is 5.91 Å². The van der Waals surface area contributed by atoms with Crippen molar-refractivity contribution in [1.82, 2.24) is 19.6 Å². The van der Waals surface area contributed by atoms with Crippen LogP contribution in [0, 0.1) is 0 Å². The molecule has 2 aromatic heterocycles. The molecule has 0 unspecified atom stereocenters. The van der Waals surface area contributed by atoms with E-state index in [-0.39, 0.29) is 16.5 Å². The first-order valence-electron chi connectivity index (χ1n) is 8.13. The molecule has 8 nitrogen and oxygen atoms in total. The first-order valence-corrected chi connectivity index (χ1v) is 10.4. The van der Waals surface area contributed by atoms with Gasteiger partial charge in [0.05, 0.1) is 21.8 Å². The molecule has 3 aromatic rings. The number of hydrazine groups is 1. The molecule has 4 rings (SSSR count). The number of anilines is 1. The lowest BCUT2D eigenvalue weighted by Crippen LogP contribution is -2.48. The summed E-state index contributed by atoms with van der Waals surface area (Å²) in [6, 6.07) is 6.57. The van der Waals surface area contributed by atoms with Crippen LogP contribution in [0.5, 0.6) is 0 Å². The minimum absolute atomic E-state index is 0.217. The summed E-state index contributed by atoms with van der Waals surface area (Å²) in [6.07, 6.45) is 4.85. The van der Waals surface area contributed by atoms with Gasteiger partial charge < -0.3 is 0 Å². The van der Waals surface area contributed by atoms with Crippen LogP contribution in [0.1, 0.15) is 16.1 Å². The van der Waals surface area contributed by atoms with Crippen LogP contribution in [0.3, 0.4) is 0 Å². The second kappa shape index (κ2) is 6.21. The first-order chi connectivity index (χ1) is 12.7. The van der Waals surface area contributed by atoms with E-state index in [9.17, 15) is 13.2 Å². The van der Waals surface area contributed by atoms with E-state index in [1.54, 1.807) is 42.5 Å². The molecule has 1 aliphatic heterocycles. The van der Waals surface area contributed by atoms with E-state index in [1.807, 2.05) is 0 Å². The largest absolute Gasteiger partial charge is 0.292 e. The SMILES string of the molecule is CN1c2cc(S(C)(=O)=O)ccc2CCN1C(=O)c1cc2ncc(Cl)cn2n1. The summed E-state index contributed by atoms with van der Waals surface area (Å²) < 4.78 is 25.2. The highest BCUT2D eigenvalue weighted by Gasteiger charge is 2.29. The van der Waals surface area contributed by atoms with Gasteiger partial charge in [0.15, 0.2) is 21.2 Å². The van der Waals surface area contributed by atoms with E-state index in [2.05, 4.69) is 10.1 Å². The molecule has 10 heteroatoms. The van der Waals surface area contributed by atoms with Gasteiger partial charge in [-0.1, -0.05) is 17.7 Å². The number of fused-ring (bicyclic) bond motifs is 2. The molecule has 0 atom stereocenters. The molecule has 1 aromatic carbocycles. The van der Waals surface area contributed by atoms with E-state index in [4.69, 9.17) is 11.6 Å². The predicted octanol–water partition coefficient (Wildman–Crippen LogP) is 1.84. The molecule has 0 N–H and O–H groups in total. The molecule has 1 amide bonds. The summed E-state index contributed by atoms with van der Waals surface area (Å²) >= 11 is 5.91. The number of aromatic nitrogens is 3. The highest BCUT2D eigenvalue weighted by molar-refractivity contribution is 7.90. The van der Waals surface area contributed by atoms with Crippen molar-refractivity contribution in [1.29, 1.82) is 0 Å². The molecule has 27 heavy (non-hydrogen) atoms. The van der Waals surface area contributed by atoms with Crippen LogP contribution in [0.25, 0.3) is 5.65 Å². The smallest absolute Gasteiger partial charge is 0.285 e. The summed E-state index contributed by atoms with van der Waals surface area (Å²) in [7, 11) is -1.61.